The quantitative estimate of drug-likeness (QED) is 0.777. The van der Waals surface area contributed by atoms with Gasteiger partial charge >= 0.3 is 11.8 Å². The van der Waals surface area contributed by atoms with E-state index in [9.17, 15) is 9.59 Å². The van der Waals surface area contributed by atoms with Crippen molar-refractivity contribution in [3.8, 4) is 5.75 Å². The molecule has 0 spiro atoms. The minimum atomic E-state index is -0.567. The maximum absolute atomic E-state index is 11.7. The Morgan fingerprint density at radius 2 is 2.12 bits per heavy atom. The molecule has 17 heavy (non-hydrogen) atoms. The van der Waals surface area contributed by atoms with E-state index in [1.807, 2.05) is 19.1 Å². The number of benzene rings is 1. The minimum absolute atomic E-state index is 0.463. The van der Waals surface area contributed by atoms with E-state index in [0.29, 0.717) is 31.1 Å². The third kappa shape index (κ3) is 2.22. The van der Waals surface area contributed by atoms with Gasteiger partial charge in [-0.1, -0.05) is 12.1 Å². The van der Waals surface area contributed by atoms with Crippen LogP contribution in [0.15, 0.2) is 24.3 Å². The first-order valence-electron chi connectivity index (χ1n) is 5.55. The Bertz CT molecular complexity index is 445. The zero-order valence-corrected chi connectivity index (χ0v) is 9.60. The number of para-hydroxylation sites is 2. The van der Waals surface area contributed by atoms with Crippen LogP contribution in [0.2, 0.25) is 0 Å². The van der Waals surface area contributed by atoms with Gasteiger partial charge in [0.05, 0.1) is 12.3 Å². The lowest BCUT2D eigenvalue weighted by molar-refractivity contribution is -0.138. The first kappa shape index (κ1) is 11.4. The SMILES string of the molecule is CCOc1ccccc1N1CCNC(=O)C1=O. The van der Waals surface area contributed by atoms with Crippen LogP contribution in [-0.4, -0.2) is 31.5 Å². The number of ether oxygens (including phenoxy) is 1. The third-order valence-corrected chi connectivity index (χ3v) is 2.52. The fraction of sp³-hybridized carbons (Fsp3) is 0.333. The molecule has 2 rings (SSSR count). The van der Waals surface area contributed by atoms with Crippen LogP contribution in [-0.2, 0) is 9.59 Å². The first-order chi connectivity index (χ1) is 8.24. The molecule has 90 valence electrons. The lowest BCUT2D eigenvalue weighted by atomic mass is 10.2. The van der Waals surface area contributed by atoms with Crippen LogP contribution in [0.25, 0.3) is 0 Å². The predicted octanol–water partition coefficient (Wildman–Crippen LogP) is 0.548. The maximum Gasteiger partial charge on any atom is 0.316 e. The molecule has 1 N–H and O–H groups in total. The number of nitrogens with zero attached hydrogens (tertiary/aromatic N) is 1. The molecule has 0 aliphatic carbocycles. The summed E-state index contributed by atoms with van der Waals surface area (Å²) in [5, 5.41) is 2.51. The molecule has 0 bridgehead atoms. The molecule has 0 saturated carbocycles. The second-order valence-corrected chi connectivity index (χ2v) is 3.61. The molecule has 1 heterocycles. The molecule has 1 fully saturated rings. The Labute approximate surface area is 99.4 Å². The summed E-state index contributed by atoms with van der Waals surface area (Å²) < 4.78 is 5.45. The first-order valence-corrected chi connectivity index (χ1v) is 5.55. The number of piperazine rings is 1. The number of rotatable bonds is 3. The fourth-order valence-corrected chi connectivity index (χ4v) is 1.77. The van der Waals surface area contributed by atoms with E-state index in [1.54, 1.807) is 12.1 Å². The smallest absolute Gasteiger partial charge is 0.316 e. The van der Waals surface area contributed by atoms with Crippen molar-refractivity contribution < 1.29 is 14.3 Å². The number of hydrogen-bond acceptors (Lipinski definition) is 3. The van der Waals surface area contributed by atoms with Gasteiger partial charge in [-0.3, -0.25) is 14.5 Å². The standard InChI is InChI=1S/C12H14N2O3/c1-2-17-10-6-4-3-5-9(10)14-8-7-13-11(15)12(14)16/h3-6H,2,7-8H2,1H3,(H,13,15). The monoisotopic (exact) mass is 234 g/mol. The molecule has 1 saturated heterocycles. The van der Waals surface area contributed by atoms with Crippen molar-refractivity contribution in [1.29, 1.82) is 0 Å². The van der Waals surface area contributed by atoms with E-state index in [1.165, 1.54) is 4.90 Å². The average molecular weight is 234 g/mol. The molecule has 5 heteroatoms. The highest BCUT2D eigenvalue weighted by molar-refractivity contribution is 6.41. The zero-order valence-electron chi connectivity index (χ0n) is 9.60. The highest BCUT2D eigenvalue weighted by Crippen LogP contribution is 2.28. The second-order valence-electron chi connectivity index (χ2n) is 3.61. The summed E-state index contributed by atoms with van der Waals surface area (Å²) in [6.07, 6.45) is 0. The van der Waals surface area contributed by atoms with Crippen molar-refractivity contribution in [2.75, 3.05) is 24.6 Å². The molecule has 0 aromatic heterocycles. The van der Waals surface area contributed by atoms with Gasteiger partial charge in [0, 0.05) is 13.1 Å². The molecule has 2 amide bonds. The molecular formula is C12H14N2O3. The Kier molecular flexibility index (Phi) is 3.27. The Morgan fingerprint density at radius 3 is 2.88 bits per heavy atom. The highest BCUT2D eigenvalue weighted by Gasteiger charge is 2.28. The van der Waals surface area contributed by atoms with Crippen LogP contribution in [0.4, 0.5) is 5.69 Å². The predicted molar refractivity (Wildman–Crippen MR) is 63.0 cm³/mol. The van der Waals surface area contributed by atoms with Crippen molar-refractivity contribution in [1.82, 2.24) is 5.32 Å². The molecule has 5 nitrogen and oxygen atoms in total. The van der Waals surface area contributed by atoms with Crippen LogP contribution in [0.5, 0.6) is 5.75 Å². The summed E-state index contributed by atoms with van der Waals surface area (Å²) in [5.41, 5.74) is 0.647. The van der Waals surface area contributed by atoms with E-state index in [-0.39, 0.29) is 0 Å². The van der Waals surface area contributed by atoms with Crippen LogP contribution in [0.1, 0.15) is 6.92 Å². The summed E-state index contributed by atoms with van der Waals surface area (Å²) in [6.45, 7) is 3.33. The summed E-state index contributed by atoms with van der Waals surface area (Å²) >= 11 is 0. The topological polar surface area (TPSA) is 58.6 Å². The highest BCUT2D eigenvalue weighted by atomic mass is 16.5. The number of hydrogen-bond donors (Lipinski definition) is 1. The van der Waals surface area contributed by atoms with Gasteiger partial charge in [0.15, 0.2) is 0 Å². The Balaban J connectivity index is 2.32. The van der Waals surface area contributed by atoms with Gasteiger partial charge in [-0.2, -0.15) is 0 Å². The Hall–Kier alpha value is -2.04. The molecule has 1 aromatic rings. The van der Waals surface area contributed by atoms with Crippen molar-refractivity contribution in [3.05, 3.63) is 24.3 Å². The lowest BCUT2D eigenvalue weighted by Gasteiger charge is -2.27. The number of anilines is 1. The molecular weight excluding hydrogens is 220 g/mol. The van der Waals surface area contributed by atoms with Crippen molar-refractivity contribution in [2.24, 2.45) is 0 Å². The van der Waals surface area contributed by atoms with E-state index < -0.39 is 11.8 Å². The normalized spacial score (nSPS) is 15.7. The van der Waals surface area contributed by atoms with Gasteiger partial charge in [-0.15, -0.1) is 0 Å². The van der Waals surface area contributed by atoms with Crippen LogP contribution in [0.3, 0.4) is 0 Å². The van der Waals surface area contributed by atoms with Gasteiger partial charge in [0.25, 0.3) is 0 Å². The molecule has 0 radical (unpaired) electrons. The van der Waals surface area contributed by atoms with Crippen molar-refractivity contribution >= 4 is 17.5 Å². The summed E-state index contributed by atoms with van der Waals surface area (Å²) in [5.74, 6) is -0.482. The van der Waals surface area contributed by atoms with E-state index in [0.717, 1.165) is 0 Å². The maximum atomic E-state index is 11.7. The fourth-order valence-electron chi connectivity index (χ4n) is 1.77. The van der Waals surface area contributed by atoms with Crippen LogP contribution < -0.4 is 15.0 Å². The van der Waals surface area contributed by atoms with E-state index >= 15 is 0 Å². The third-order valence-electron chi connectivity index (χ3n) is 2.52. The summed E-state index contributed by atoms with van der Waals surface area (Å²) in [4.78, 5) is 24.5. The molecule has 0 atom stereocenters. The molecule has 1 aromatic carbocycles. The van der Waals surface area contributed by atoms with Crippen molar-refractivity contribution in [3.63, 3.8) is 0 Å². The Morgan fingerprint density at radius 1 is 1.35 bits per heavy atom. The molecule has 1 aliphatic rings. The van der Waals surface area contributed by atoms with Gasteiger partial charge < -0.3 is 10.1 Å². The number of amides is 2. The zero-order chi connectivity index (χ0) is 12.3. The van der Waals surface area contributed by atoms with E-state index in [2.05, 4.69) is 5.32 Å². The molecule has 0 unspecified atom stereocenters. The summed E-state index contributed by atoms with van der Waals surface area (Å²) in [6, 6.07) is 7.22. The van der Waals surface area contributed by atoms with Crippen LogP contribution >= 0.6 is 0 Å². The van der Waals surface area contributed by atoms with Gasteiger partial charge in [0.2, 0.25) is 0 Å². The minimum Gasteiger partial charge on any atom is -0.492 e. The van der Waals surface area contributed by atoms with Crippen molar-refractivity contribution in [2.45, 2.75) is 6.92 Å². The number of carbonyl (C=O) groups excluding carboxylic acids is 2. The second kappa shape index (κ2) is 4.86. The lowest BCUT2D eigenvalue weighted by Crippen LogP contribution is -2.52. The average Bonchev–Trinajstić information content (AvgIpc) is 2.34. The molecule has 1 aliphatic heterocycles. The number of nitrogens with one attached hydrogen (secondary N) is 1. The largest absolute Gasteiger partial charge is 0.492 e. The van der Waals surface area contributed by atoms with Gasteiger partial charge in [-0.05, 0) is 19.1 Å². The van der Waals surface area contributed by atoms with Gasteiger partial charge in [-0.25, -0.2) is 0 Å². The van der Waals surface area contributed by atoms with E-state index in [4.69, 9.17) is 4.74 Å². The number of carbonyl (C=O) groups is 2. The van der Waals surface area contributed by atoms with Gasteiger partial charge in [0.1, 0.15) is 5.75 Å². The summed E-state index contributed by atoms with van der Waals surface area (Å²) in [7, 11) is 0. The van der Waals surface area contributed by atoms with Crippen LogP contribution in [0, 0.1) is 0 Å².